The predicted molar refractivity (Wildman–Crippen MR) is 73.8 cm³/mol. The van der Waals surface area contributed by atoms with Crippen LogP contribution in [0, 0.1) is 11.6 Å². The van der Waals surface area contributed by atoms with Crippen LogP contribution < -0.4 is 10.6 Å². The van der Waals surface area contributed by atoms with E-state index in [2.05, 4.69) is 9.98 Å². The molecule has 4 rings (SSSR count). The van der Waals surface area contributed by atoms with Crippen molar-refractivity contribution in [3.63, 3.8) is 0 Å². The third-order valence-electron chi connectivity index (χ3n) is 3.67. The molecule has 1 aromatic heterocycles. The summed E-state index contributed by atoms with van der Waals surface area (Å²) in [5, 5.41) is 11.8. The number of rotatable bonds is 1. The first-order valence-electron chi connectivity index (χ1n) is 6.44. The van der Waals surface area contributed by atoms with E-state index in [9.17, 15) is 13.9 Å². The van der Waals surface area contributed by atoms with Crippen molar-refractivity contribution in [3.05, 3.63) is 70.4 Å². The highest BCUT2D eigenvalue weighted by molar-refractivity contribution is 5.81. The Labute approximate surface area is 117 Å². The van der Waals surface area contributed by atoms with Gasteiger partial charge in [-0.3, -0.25) is 0 Å². The highest BCUT2D eigenvalue weighted by atomic mass is 19.2. The Morgan fingerprint density at radius 3 is 2.71 bits per heavy atom. The van der Waals surface area contributed by atoms with Gasteiger partial charge in [0.2, 0.25) is 5.72 Å². The van der Waals surface area contributed by atoms with Crippen molar-refractivity contribution >= 4 is 17.0 Å². The molecular formula is C16H10F2N2O. The van der Waals surface area contributed by atoms with Gasteiger partial charge in [-0.05, 0) is 35.7 Å². The summed E-state index contributed by atoms with van der Waals surface area (Å²) >= 11 is 0. The van der Waals surface area contributed by atoms with Gasteiger partial charge in [-0.15, -0.1) is 0 Å². The summed E-state index contributed by atoms with van der Waals surface area (Å²) in [6.07, 6.45) is 1.41. The normalized spacial score (nSPS) is 20.1. The van der Waals surface area contributed by atoms with E-state index in [1.54, 1.807) is 6.07 Å². The van der Waals surface area contributed by atoms with Gasteiger partial charge in [-0.25, -0.2) is 13.8 Å². The number of hydrogen-bond acceptors (Lipinski definition) is 2. The second-order valence-corrected chi connectivity index (χ2v) is 5.05. The summed E-state index contributed by atoms with van der Waals surface area (Å²) < 4.78 is 27.0. The van der Waals surface area contributed by atoms with Crippen LogP contribution in [0.5, 0.6) is 0 Å². The summed E-state index contributed by atoms with van der Waals surface area (Å²) in [6, 6.07) is 11.7. The van der Waals surface area contributed by atoms with Crippen LogP contribution >= 0.6 is 0 Å². The molecule has 2 heterocycles. The maximum Gasteiger partial charge on any atom is 0.218 e. The number of fused-ring (bicyclic) bond motifs is 2. The molecular weight excluding hydrogens is 274 g/mol. The molecule has 104 valence electrons. The summed E-state index contributed by atoms with van der Waals surface area (Å²) in [5.41, 5.74) is -0.456. The third kappa shape index (κ3) is 1.71. The van der Waals surface area contributed by atoms with Crippen molar-refractivity contribution in [1.29, 1.82) is 0 Å². The fraction of sp³-hybridized carbons (Fsp3) is 0.0625. The molecule has 0 amide bonds. The van der Waals surface area contributed by atoms with Crippen molar-refractivity contribution in [2.75, 3.05) is 0 Å². The standard InChI is InChI=1S/C16H10F2N2O/c17-11-6-5-10-8-16(21,20-15(10)14(11)18)13-7-9-3-1-2-4-12(9)19-13/h1-8,19,21H. The first-order chi connectivity index (χ1) is 10.1. The molecule has 2 aromatic carbocycles. The first-order valence-corrected chi connectivity index (χ1v) is 6.44. The lowest BCUT2D eigenvalue weighted by atomic mass is 10.1. The average molecular weight is 284 g/mol. The molecule has 1 aliphatic heterocycles. The summed E-state index contributed by atoms with van der Waals surface area (Å²) in [7, 11) is 0. The van der Waals surface area contributed by atoms with Crippen molar-refractivity contribution in [1.82, 2.24) is 4.98 Å². The highest BCUT2D eigenvalue weighted by Gasteiger charge is 2.31. The molecule has 0 saturated carbocycles. The number of nitrogens with one attached hydrogen (secondary N) is 1. The molecule has 0 bridgehead atoms. The van der Waals surface area contributed by atoms with Gasteiger partial charge in [0.15, 0.2) is 11.6 Å². The minimum atomic E-state index is -1.71. The summed E-state index contributed by atoms with van der Waals surface area (Å²) in [4.78, 5) is 7.02. The average Bonchev–Trinajstić information content (AvgIpc) is 3.05. The van der Waals surface area contributed by atoms with Crippen LogP contribution in [0.3, 0.4) is 0 Å². The zero-order valence-electron chi connectivity index (χ0n) is 10.8. The van der Waals surface area contributed by atoms with E-state index in [1.807, 2.05) is 24.3 Å². The summed E-state index contributed by atoms with van der Waals surface area (Å²) in [6.45, 7) is 0. The lowest BCUT2D eigenvalue weighted by Gasteiger charge is -2.14. The number of H-pyrrole nitrogens is 1. The maximum absolute atomic E-state index is 13.8. The lowest BCUT2D eigenvalue weighted by molar-refractivity contribution is 0.112. The minimum absolute atomic E-state index is 0.156. The molecule has 3 nitrogen and oxygen atoms in total. The van der Waals surface area contributed by atoms with E-state index in [0.717, 1.165) is 17.0 Å². The van der Waals surface area contributed by atoms with Crippen LogP contribution in [-0.2, 0) is 5.72 Å². The Bertz CT molecular complexity index is 960. The van der Waals surface area contributed by atoms with Gasteiger partial charge in [0.25, 0.3) is 0 Å². The van der Waals surface area contributed by atoms with Crippen LogP contribution in [0.2, 0.25) is 0 Å². The highest BCUT2D eigenvalue weighted by Crippen LogP contribution is 2.28. The fourth-order valence-electron chi connectivity index (χ4n) is 2.61. The Morgan fingerprint density at radius 1 is 1.10 bits per heavy atom. The number of para-hydroxylation sites is 1. The molecule has 0 saturated heterocycles. The first kappa shape index (κ1) is 12.2. The SMILES string of the molecule is OC1(c2cc3ccccc3[nH]2)C=c2ccc(F)c(F)c2=N1. The Morgan fingerprint density at radius 2 is 1.90 bits per heavy atom. The number of hydrogen-bond donors (Lipinski definition) is 2. The fourth-order valence-corrected chi connectivity index (χ4v) is 2.61. The van der Waals surface area contributed by atoms with Gasteiger partial charge in [-0.1, -0.05) is 18.2 Å². The Kier molecular flexibility index (Phi) is 2.32. The van der Waals surface area contributed by atoms with Crippen LogP contribution in [0.1, 0.15) is 5.69 Å². The topological polar surface area (TPSA) is 48.4 Å². The number of benzene rings is 2. The maximum atomic E-state index is 13.8. The van der Waals surface area contributed by atoms with E-state index in [1.165, 1.54) is 12.1 Å². The number of aromatic amines is 1. The van der Waals surface area contributed by atoms with Gasteiger partial charge < -0.3 is 10.1 Å². The van der Waals surface area contributed by atoms with Crippen LogP contribution in [0.15, 0.2) is 47.5 Å². The van der Waals surface area contributed by atoms with Crippen molar-refractivity contribution < 1.29 is 13.9 Å². The van der Waals surface area contributed by atoms with E-state index in [-0.39, 0.29) is 5.36 Å². The molecule has 0 aliphatic carbocycles. The summed E-state index contributed by atoms with van der Waals surface area (Å²) in [5.74, 6) is -2.03. The molecule has 5 heteroatoms. The second-order valence-electron chi connectivity index (χ2n) is 5.05. The van der Waals surface area contributed by atoms with E-state index in [0.29, 0.717) is 10.9 Å². The van der Waals surface area contributed by atoms with Crippen molar-refractivity contribution in [2.45, 2.75) is 5.72 Å². The largest absolute Gasteiger partial charge is 0.361 e. The van der Waals surface area contributed by atoms with Crippen LogP contribution in [0.4, 0.5) is 8.78 Å². The van der Waals surface area contributed by atoms with Gasteiger partial charge in [-0.2, -0.15) is 0 Å². The third-order valence-corrected chi connectivity index (χ3v) is 3.67. The Hall–Kier alpha value is -2.53. The Balaban J connectivity index is 1.96. The number of halogens is 2. The van der Waals surface area contributed by atoms with E-state index < -0.39 is 17.4 Å². The molecule has 3 aromatic rings. The van der Waals surface area contributed by atoms with E-state index >= 15 is 0 Å². The minimum Gasteiger partial charge on any atom is -0.361 e. The zero-order chi connectivity index (χ0) is 14.6. The van der Waals surface area contributed by atoms with E-state index in [4.69, 9.17) is 0 Å². The number of aliphatic hydroxyl groups is 1. The zero-order valence-corrected chi connectivity index (χ0v) is 10.8. The number of nitrogens with zero attached hydrogens (tertiary/aromatic N) is 1. The smallest absolute Gasteiger partial charge is 0.218 e. The quantitative estimate of drug-likeness (QED) is 0.702. The molecule has 1 unspecified atom stereocenters. The van der Waals surface area contributed by atoms with Crippen LogP contribution in [0.25, 0.3) is 17.0 Å². The molecule has 0 radical (unpaired) electrons. The molecule has 2 N–H and O–H groups in total. The van der Waals surface area contributed by atoms with Gasteiger partial charge in [0.05, 0.1) is 5.69 Å². The molecule has 0 fully saturated rings. The van der Waals surface area contributed by atoms with Crippen LogP contribution in [-0.4, -0.2) is 10.1 Å². The number of aromatic nitrogens is 1. The molecule has 1 aliphatic rings. The monoisotopic (exact) mass is 284 g/mol. The second kappa shape index (κ2) is 3.99. The molecule has 1 atom stereocenters. The predicted octanol–water partition coefficient (Wildman–Crippen LogP) is 1.71. The van der Waals surface area contributed by atoms with Gasteiger partial charge >= 0.3 is 0 Å². The molecule has 21 heavy (non-hydrogen) atoms. The lowest BCUT2D eigenvalue weighted by Crippen LogP contribution is -2.26. The van der Waals surface area contributed by atoms with Gasteiger partial charge in [0.1, 0.15) is 5.36 Å². The van der Waals surface area contributed by atoms with Crippen molar-refractivity contribution in [3.8, 4) is 0 Å². The van der Waals surface area contributed by atoms with Crippen molar-refractivity contribution in [2.24, 2.45) is 4.99 Å². The van der Waals surface area contributed by atoms with Gasteiger partial charge in [0, 0.05) is 10.7 Å². The molecule has 0 spiro atoms.